The van der Waals surface area contributed by atoms with Crippen LogP contribution in [-0.2, 0) is 0 Å². The first-order valence-corrected chi connectivity index (χ1v) is 4.94. The molecule has 3 heteroatoms. The van der Waals surface area contributed by atoms with Crippen molar-refractivity contribution in [3.05, 3.63) is 0 Å². The molecule has 2 saturated heterocycles. The van der Waals surface area contributed by atoms with E-state index >= 15 is 0 Å². The van der Waals surface area contributed by atoms with Crippen molar-refractivity contribution >= 4 is 11.8 Å². The highest BCUT2D eigenvalue weighted by atomic mass is 32.2. The molecule has 1 N–H and O–H groups in total. The van der Waals surface area contributed by atoms with Crippen LogP contribution < -0.4 is 5.32 Å². The van der Waals surface area contributed by atoms with Crippen LogP contribution in [0, 0.1) is 0 Å². The summed E-state index contributed by atoms with van der Waals surface area (Å²) < 4.78 is 0. The summed E-state index contributed by atoms with van der Waals surface area (Å²) in [5.41, 5.74) is 0. The van der Waals surface area contributed by atoms with Gasteiger partial charge in [-0.25, -0.2) is 0 Å². The third kappa shape index (κ3) is 1.18. The number of thioether (sulfide) groups is 1. The van der Waals surface area contributed by atoms with Gasteiger partial charge in [0, 0.05) is 23.7 Å². The van der Waals surface area contributed by atoms with Crippen molar-refractivity contribution in [1.29, 1.82) is 0 Å². The average molecular weight is 158 g/mol. The fraction of sp³-hybridized carbons (Fsp3) is 1.00. The molecule has 10 heavy (non-hydrogen) atoms. The van der Waals surface area contributed by atoms with Crippen LogP contribution in [-0.4, -0.2) is 42.2 Å². The highest BCUT2D eigenvalue weighted by molar-refractivity contribution is 8.00. The number of rotatable bonds is 0. The third-order valence-electron chi connectivity index (χ3n) is 2.41. The van der Waals surface area contributed by atoms with Gasteiger partial charge in [0.05, 0.1) is 0 Å². The lowest BCUT2D eigenvalue weighted by atomic mass is 10.1. The second kappa shape index (κ2) is 2.72. The minimum atomic E-state index is 0.821. The van der Waals surface area contributed by atoms with Gasteiger partial charge in [-0.05, 0) is 20.0 Å². The van der Waals surface area contributed by atoms with Gasteiger partial charge < -0.3 is 10.2 Å². The highest BCUT2D eigenvalue weighted by Gasteiger charge is 2.31. The molecule has 2 aliphatic heterocycles. The summed E-state index contributed by atoms with van der Waals surface area (Å²) in [6, 6.07) is 0.821. The predicted molar refractivity (Wildman–Crippen MR) is 45.3 cm³/mol. The van der Waals surface area contributed by atoms with Crippen LogP contribution in [0.15, 0.2) is 0 Å². The van der Waals surface area contributed by atoms with E-state index in [-0.39, 0.29) is 0 Å². The second-order valence-corrected chi connectivity index (χ2v) is 4.44. The fourth-order valence-corrected chi connectivity index (χ4v) is 3.08. The van der Waals surface area contributed by atoms with Crippen molar-refractivity contribution in [1.82, 2.24) is 10.2 Å². The molecule has 2 atom stereocenters. The predicted octanol–water partition coefficient (Wildman–Crippen LogP) is 0.353. The number of hydrogen-bond donors (Lipinski definition) is 1. The normalized spacial score (nSPS) is 41.7. The van der Waals surface area contributed by atoms with E-state index in [2.05, 4.69) is 29.0 Å². The van der Waals surface area contributed by atoms with E-state index in [1.54, 1.807) is 0 Å². The van der Waals surface area contributed by atoms with E-state index < -0.39 is 0 Å². The lowest BCUT2D eigenvalue weighted by Gasteiger charge is -2.31. The number of hydrogen-bond acceptors (Lipinski definition) is 3. The minimum absolute atomic E-state index is 0.821. The van der Waals surface area contributed by atoms with Gasteiger partial charge in [-0.3, -0.25) is 0 Å². The van der Waals surface area contributed by atoms with Crippen molar-refractivity contribution in [3.63, 3.8) is 0 Å². The summed E-state index contributed by atoms with van der Waals surface area (Å²) in [6.07, 6.45) is 1.34. The Hall–Kier alpha value is 0.270. The molecule has 58 valence electrons. The fourth-order valence-electron chi connectivity index (χ4n) is 1.74. The Balaban J connectivity index is 1.96. The lowest BCUT2D eigenvalue weighted by Crippen LogP contribution is -2.45. The Kier molecular flexibility index (Phi) is 1.89. The number of nitrogens with one attached hydrogen (secondary N) is 1. The Morgan fingerprint density at radius 3 is 3.40 bits per heavy atom. The number of piperidine rings is 1. The molecule has 0 spiro atoms. The van der Waals surface area contributed by atoms with Gasteiger partial charge in [-0.15, -0.1) is 11.8 Å². The van der Waals surface area contributed by atoms with Crippen molar-refractivity contribution in [2.45, 2.75) is 17.7 Å². The van der Waals surface area contributed by atoms with Gasteiger partial charge in [0.1, 0.15) is 0 Å². The molecule has 2 rings (SSSR count). The van der Waals surface area contributed by atoms with Gasteiger partial charge in [0.15, 0.2) is 0 Å². The molecule has 0 amide bonds. The molecule has 0 bridgehead atoms. The molecular formula is C7H14N2S. The molecule has 0 aromatic carbocycles. The molecule has 2 fully saturated rings. The summed E-state index contributed by atoms with van der Waals surface area (Å²) in [6.45, 7) is 2.55. The quantitative estimate of drug-likeness (QED) is 0.548. The molecule has 2 heterocycles. The summed E-state index contributed by atoms with van der Waals surface area (Å²) >= 11 is 2.08. The molecule has 2 nitrogen and oxygen atoms in total. The van der Waals surface area contributed by atoms with Gasteiger partial charge in [-0.1, -0.05) is 0 Å². The topological polar surface area (TPSA) is 15.3 Å². The third-order valence-corrected chi connectivity index (χ3v) is 3.64. The van der Waals surface area contributed by atoms with Crippen LogP contribution in [0.3, 0.4) is 0 Å². The highest BCUT2D eigenvalue weighted by Crippen LogP contribution is 2.26. The largest absolute Gasteiger partial charge is 0.305 e. The van der Waals surface area contributed by atoms with E-state index in [0.29, 0.717) is 0 Å². The zero-order valence-electron chi connectivity index (χ0n) is 6.34. The molecule has 2 aliphatic rings. The molecule has 0 aromatic heterocycles. The van der Waals surface area contributed by atoms with E-state index in [9.17, 15) is 0 Å². The maximum absolute atomic E-state index is 3.52. The van der Waals surface area contributed by atoms with Crippen LogP contribution in [0.5, 0.6) is 0 Å². The smallest absolute Gasteiger partial charge is 0.0424 e. The first kappa shape index (κ1) is 6.95. The monoisotopic (exact) mass is 158 g/mol. The minimum Gasteiger partial charge on any atom is -0.305 e. The van der Waals surface area contributed by atoms with Crippen LogP contribution in [0.1, 0.15) is 6.42 Å². The van der Waals surface area contributed by atoms with Crippen LogP contribution >= 0.6 is 11.8 Å². The Bertz CT molecular complexity index is 129. The first-order chi connectivity index (χ1) is 4.86. The van der Waals surface area contributed by atoms with Crippen molar-refractivity contribution in [2.24, 2.45) is 0 Å². The van der Waals surface area contributed by atoms with Crippen LogP contribution in [0.2, 0.25) is 0 Å². The Morgan fingerprint density at radius 1 is 1.60 bits per heavy atom. The molecular weight excluding hydrogens is 144 g/mol. The van der Waals surface area contributed by atoms with Crippen molar-refractivity contribution in [3.8, 4) is 0 Å². The number of nitrogens with zero attached hydrogens (tertiary/aromatic N) is 1. The molecule has 0 aliphatic carbocycles. The summed E-state index contributed by atoms with van der Waals surface area (Å²) in [5, 5.41) is 4.39. The standard InChI is InChI=1S/C7H14N2S/c1-9-3-2-6-7(4-9)10-5-8-6/h6-8H,2-5H2,1H3. The maximum atomic E-state index is 3.52. The maximum Gasteiger partial charge on any atom is 0.0424 e. The van der Waals surface area contributed by atoms with Crippen LogP contribution in [0.25, 0.3) is 0 Å². The van der Waals surface area contributed by atoms with Crippen molar-refractivity contribution < 1.29 is 0 Å². The van der Waals surface area contributed by atoms with Gasteiger partial charge in [-0.2, -0.15) is 0 Å². The van der Waals surface area contributed by atoms with Gasteiger partial charge in [0.2, 0.25) is 0 Å². The van der Waals surface area contributed by atoms with E-state index in [1.165, 1.54) is 25.4 Å². The zero-order valence-corrected chi connectivity index (χ0v) is 7.16. The Morgan fingerprint density at radius 2 is 2.50 bits per heavy atom. The lowest BCUT2D eigenvalue weighted by molar-refractivity contribution is 0.254. The average Bonchev–Trinajstić information content (AvgIpc) is 2.33. The molecule has 0 radical (unpaired) electrons. The van der Waals surface area contributed by atoms with Crippen molar-refractivity contribution in [2.75, 3.05) is 26.0 Å². The Labute approximate surface area is 66.4 Å². The van der Waals surface area contributed by atoms with E-state index in [1.807, 2.05) is 0 Å². The van der Waals surface area contributed by atoms with Crippen LogP contribution in [0.4, 0.5) is 0 Å². The van der Waals surface area contributed by atoms with Gasteiger partial charge in [0.25, 0.3) is 0 Å². The number of fused-ring (bicyclic) bond motifs is 1. The van der Waals surface area contributed by atoms with Gasteiger partial charge >= 0.3 is 0 Å². The zero-order chi connectivity index (χ0) is 6.97. The molecule has 2 unspecified atom stereocenters. The molecule has 0 saturated carbocycles. The summed E-state index contributed by atoms with van der Waals surface area (Å²) in [4.78, 5) is 2.43. The van der Waals surface area contributed by atoms with E-state index in [4.69, 9.17) is 0 Å². The first-order valence-electron chi connectivity index (χ1n) is 3.90. The number of likely N-dealkylation sites (tertiary alicyclic amines) is 1. The summed E-state index contributed by atoms with van der Waals surface area (Å²) in [5.74, 6) is 1.17. The molecule has 0 aromatic rings. The summed E-state index contributed by atoms with van der Waals surface area (Å²) in [7, 11) is 2.22. The van der Waals surface area contributed by atoms with E-state index in [0.717, 1.165) is 11.3 Å². The second-order valence-electron chi connectivity index (χ2n) is 3.21. The SMILES string of the molecule is CN1CCC2NCSC2C1.